The molecule has 1 atom stereocenters. The lowest BCUT2D eigenvalue weighted by molar-refractivity contribution is -0.129. The smallest absolute Gasteiger partial charge is 0.353 e. The highest BCUT2D eigenvalue weighted by Gasteiger charge is 2.31. The first kappa shape index (κ1) is 12.4. The molecule has 1 unspecified atom stereocenters. The average Bonchev–Trinajstić information content (AvgIpc) is 2.81. The molecule has 18 heavy (non-hydrogen) atoms. The number of benzene rings is 1. The van der Waals surface area contributed by atoms with E-state index in [1.54, 1.807) is 24.3 Å². The predicted octanol–water partition coefficient (Wildman–Crippen LogP) is 1.51. The molecule has 1 aromatic rings. The van der Waals surface area contributed by atoms with E-state index < -0.39 is 18.0 Å². The van der Waals surface area contributed by atoms with Gasteiger partial charge >= 0.3 is 5.97 Å². The van der Waals surface area contributed by atoms with Crippen LogP contribution in [0, 0.1) is 0 Å². The minimum atomic E-state index is -1.19. The number of nitrogens with one attached hydrogen (secondary N) is 1. The molecule has 2 N–H and O–H groups in total. The molecule has 0 saturated heterocycles. The standard InChI is InChI=1S/C11H9ClN2O4/c12-6-3-1-2-4-7(6)13-10(15)9-5-8(11(16)17)14-18-9/h1-4,9H,5H2,(H,13,15)(H,16,17). The molecule has 0 aliphatic carbocycles. The van der Waals surface area contributed by atoms with Crippen molar-refractivity contribution < 1.29 is 19.5 Å². The van der Waals surface area contributed by atoms with Crippen LogP contribution < -0.4 is 5.32 Å². The molecule has 0 fully saturated rings. The Labute approximate surface area is 107 Å². The molecule has 1 heterocycles. The molecule has 0 saturated carbocycles. The Hall–Kier alpha value is -2.08. The summed E-state index contributed by atoms with van der Waals surface area (Å²) >= 11 is 5.88. The third kappa shape index (κ3) is 2.60. The van der Waals surface area contributed by atoms with E-state index in [1.165, 1.54) is 0 Å². The first-order valence-corrected chi connectivity index (χ1v) is 5.47. The number of hydrogen-bond acceptors (Lipinski definition) is 4. The Morgan fingerprint density at radius 1 is 1.44 bits per heavy atom. The molecule has 1 aromatic carbocycles. The lowest BCUT2D eigenvalue weighted by Gasteiger charge is -2.10. The highest BCUT2D eigenvalue weighted by Crippen LogP contribution is 2.22. The van der Waals surface area contributed by atoms with Crippen LogP contribution in [0.1, 0.15) is 6.42 Å². The van der Waals surface area contributed by atoms with Crippen LogP contribution in [0.2, 0.25) is 5.02 Å². The zero-order valence-electron chi connectivity index (χ0n) is 9.09. The maximum Gasteiger partial charge on any atom is 0.353 e. The van der Waals surface area contributed by atoms with E-state index in [0.29, 0.717) is 10.7 Å². The fourth-order valence-corrected chi connectivity index (χ4v) is 1.60. The van der Waals surface area contributed by atoms with Crippen molar-refractivity contribution in [2.45, 2.75) is 12.5 Å². The van der Waals surface area contributed by atoms with E-state index in [2.05, 4.69) is 10.5 Å². The molecule has 1 aliphatic rings. The molecule has 0 spiro atoms. The van der Waals surface area contributed by atoms with Gasteiger partial charge in [-0.3, -0.25) is 4.79 Å². The van der Waals surface area contributed by atoms with Crippen LogP contribution in [0.15, 0.2) is 29.4 Å². The second-order valence-corrected chi connectivity index (χ2v) is 4.02. The molecule has 1 amide bonds. The highest BCUT2D eigenvalue weighted by atomic mass is 35.5. The zero-order valence-corrected chi connectivity index (χ0v) is 9.85. The van der Waals surface area contributed by atoms with E-state index >= 15 is 0 Å². The number of hydrogen-bond donors (Lipinski definition) is 2. The minimum Gasteiger partial charge on any atom is -0.477 e. The number of nitrogens with zero attached hydrogens (tertiary/aromatic N) is 1. The van der Waals surface area contributed by atoms with Crippen LogP contribution in [-0.4, -0.2) is 28.8 Å². The largest absolute Gasteiger partial charge is 0.477 e. The fraction of sp³-hybridized carbons (Fsp3) is 0.182. The second-order valence-electron chi connectivity index (χ2n) is 3.61. The maximum atomic E-state index is 11.8. The van der Waals surface area contributed by atoms with Gasteiger partial charge in [0.25, 0.3) is 5.91 Å². The zero-order chi connectivity index (χ0) is 13.1. The van der Waals surface area contributed by atoms with Gasteiger partial charge in [-0.1, -0.05) is 28.9 Å². The first-order valence-electron chi connectivity index (χ1n) is 5.09. The summed E-state index contributed by atoms with van der Waals surface area (Å²) in [5.74, 6) is -1.67. The topological polar surface area (TPSA) is 88.0 Å². The third-order valence-corrected chi connectivity index (χ3v) is 2.67. The molecule has 6 nitrogen and oxygen atoms in total. The van der Waals surface area contributed by atoms with E-state index in [0.717, 1.165) is 0 Å². The third-order valence-electron chi connectivity index (χ3n) is 2.34. The normalized spacial score (nSPS) is 17.8. The molecular formula is C11H9ClN2O4. The molecule has 2 rings (SSSR count). The summed E-state index contributed by atoms with van der Waals surface area (Å²) in [7, 11) is 0. The van der Waals surface area contributed by atoms with Gasteiger partial charge in [-0.25, -0.2) is 4.79 Å². The van der Waals surface area contributed by atoms with Crippen LogP contribution in [0.5, 0.6) is 0 Å². The van der Waals surface area contributed by atoms with Crippen LogP contribution >= 0.6 is 11.6 Å². The number of anilines is 1. The number of carbonyl (C=O) groups is 2. The number of rotatable bonds is 3. The predicted molar refractivity (Wildman–Crippen MR) is 64.6 cm³/mol. The van der Waals surface area contributed by atoms with Crippen molar-refractivity contribution in [2.24, 2.45) is 5.16 Å². The minimum absolute atomic E-state index is 0.0639. The number of carboxylic acid groups (broad SMARTS) is 1. The van der Waals surface area contributed by atoms with Crippen LogP contribution in [0.4, 0.5) is 5.69 Å². The molecular weight excluding hydrogens is 260 g/mol. The summed E-state index contributed by atoms with van der Waals surface area (Å²) in [5.41, 5.74) is 0.269. The van der Waals surface area contributed by atoms with E-state index in [1.807, 2.05) is 0 Å². The van der Waals surface area contributed by atoms with Gasteiger partial charge in [-0.15, -0.1) is 0 Å². The number of halogens is 1. The van der Waals surface area contributed by atoms with Crippen molar-refractivity contribution >= 4 is 34.9 Å². The van der Waals surface area contributed by atoms with Gasteiger partial charge in [0.15, 0.2) is 5.71 Å². The Kier molecular flexibility index (Phi) is 3.47. The van der Waals surface area contributed by atoms with Gasteiger partial charge in [-0.2, -0.15) is 0 Å². The molecule has 7 heteroatoms. The molecule has 0 radical (unpaired) electrons. The van der Waals surface area contributed by atoms with Gasteiger partial charge in [0, 0.05) is 6.42 Å². The quantitative estimate of drug-likeness (QED) is 0.870. The Bertz CT molecular complexity index is 530. The van der Waals surface area contributed by atoms with Gasteiger partial charge in [0.2, 0.25) is 6.10 Å². The van der Waals surface area contributed by atoms with Gasteiger partial charge in [0.05, 0.1) is 10.7 Å². The summed E-state index contributed by atoms with van der Waals surface area (Å²) in [4.78, 5) is 27.1. The summed E-state index contributed by atoms with van der Waals surface area (Å²) in [5, 5.41) is 14.9. The van der Waals surface area contributed by atoms with Crippen LogP contribution in [-0.2, 0) is 14.4 Å². The Morgan fingerprint density at radius 2 is 2.17 bits per heavy atom. The van der Waals surface area contributed by atoms with Crippen molar-refractivity contribution in [1.29, 1.82) is 0 Å². The van der Waals surface area contributed by atoms with Gasteiger partial charge in [0.1, 0.15) is 0 Å². The summed E-state index contributed by atoms with van der Waals surface area (Å²) in [6.45, 7) is 0. The molecule has 94 valence electrons. The number of carbonyl (C=O) groups excluding carboxylic acids is 1. The number of carboxylic acids is 1. The number of oxime groups is 1. The molecule has 0 bridgehead atoms. The number of aliphatic carboxylic acids is 1. The average molecular weight is 269 g/mol. The molecule has 0 aromatic heterocycles. The van der Waals surface area contributed by atoms with E-state index in [9.17, 15) is 9.59 Å². The number of amides is 1. The Morgan fingerprint density at radius 3 is 2.78 bits per heavy atom. The van der Waals surface area contributed by atoms with Gasteiger partial charge in [-0.05, 0) is 12.1 Å². The maximum absolute atomic E-state index is 11.8. The van der Waals surface area contributed by atoms with Crippen molar-refractivity contribution in [2.75, 3.05) is 5.32 Å². The number of para-hydroxylation sites is 1. The van der Waals surface area contributed by atoms with Crippen molar-refractivity contribution in [1.82, 2.24) is 0 Å². The summed E-state index contributed by atoms with van der Waals surface area (Å²) in [6.07, 6.45) is -1.00. The molecule has 1 aliphatic heterocycles. The summed E-state index contributed by atoms with van der Waals surface area (Å²) in [6, 6.07) is 6.71. The second kappa shape index (κ2) is 5.05. The fourth-order valence-electron chi connectivity index (χ4n) is 1.42. The summed E-state index contributed by atoms with van der Waals surface area (Å²) < 4.78 is 0. The van der Waals surface area contributed by atoms with E-state index in [4.69, 9.17) is 21.5 Å². The van der Waals surface area contributed by atoms with Crippen molar-refractivity contribution in [3.05, 3.63) is 29.3 Å². The van der Waals surface area contributed by atoms with Crippen LogP contribution in [0.25, 0.3) is 0 Å². The van der Waals surface area contributed by atoms with Crippen molar-refractivity contribution in [3.8, 4) is 0 Å². The van der Waals surface area contributed by atoms with Crippen LogP contribution in [0.3, 0.4) is 0 Å². The van der Waals surface area contributed by atoms with Gasteiger partial charge < -0.3 is 15.3 Å². The van der Waals surface area contributed by atoms with E-state index in [-0.39, 0.29) is 12.1 Å². The highest BCUT2D eigenvalue weighted by molar-refractivity contribution is 6.36. The Balaban J connectivity index is 1.99. The first-order chi connectivity index (χ1) is 8.58. The van der Waals surface area contributed by atoms with Crippen molar-refractivity contribution in [3.63, 3.8) is 0 Å². The lowest BCUT2D eigenvalue weighted by atomic mass is 10.1. The monoisotopic (exact) mass is 268 g/mol. The SMILES string of the molecule is O=C(O)C1=NOC(C(=O)Nc2ccccc2Cl)C1. The lowest BCUT2D eigenvalue weighted by Crippen LogP contribution is -2.29.